The van der Waals surface area contributed by atoms with E-state index in [1.807, 2.05) is 0 Å². The molecule has 0 amide bonds. The number of benzene rings is 1. The Labute approximate surface area is 81.8 Å². The summed E-state index contributed by atoms with van der Waals surface area (Å²) in [6.07, 6.45) is 0. The normalized spacial score (nSPS) is 11.0. The Balaban J connectivity index is 3.20. The lowest BCUT2D eigenvalue weighted by molar-refractivity contribution is 0.613. The minimum Gasteiger partial charge on any atom is -0.205 e. The SMILES string of the molecule is CC(C)(C#N)c1ccc(Cl)c(F)c1. The van der Waals surface area contributed by atoms with E-state index in [-0.39, 0.29) is 5.02 Å². The molecule has 0 aliphatic rings. The van der Waals surface area contributed by atoms with Crippen molar-refractivity contribution in [3.05, 3.63) is 34.6 Å². The van der Waals surface area contributed by atoms with E-state index in [1.165, 1.54) is 12.1 Å². The van der Waals surface area contributed by atoms with E-state index >= 15 is 0 Å². The quantitative estimate of drug-likeness (QED) is 0.678. The summed E-state index contributed by atoms with van der Waals surface area (Å²) in [5.41, 5.74) is -0.0392. The van der Waals surface area contributed by atoms with Gasteiger partial charge in [-0.25, -0.2) is 4.39 Å². The highest BCUT2D eigenvalue weighted by Gasteiger charge is 2.20. The fourth-order valence-corrected chi connectivity index (χ4v) is 1.07. The van der Waals surface area contributed by atoms with Gasteiger partial charge >= 0.3 is 0 Å². The van der Waals surface area contributed by atoms with Crippen LogP contribution in [0, 0.1) is 17.1 Å². The van der Waals surface area contributed by atoms with Crippen LogP contribution in [0.25, 0.3) is 0 Å². The smallest absolute Gasteiger partial charge is 0.142 e. The summed E-state index contributed by atoms with van der Waals surface area (Å²) in [4.78, 5) is 0. The Morgan fingerprint density at radius 3 is 2.54 bits per heavy atom. The van der Waals surface area contributed by atoms with Crippen LogP contribution >= 0.6 is 11.6 Å². The second-order valence-electron chi connectivity index (χ2n) is 3.37. The number of nitriles is 1. The van der Waals surface area contributed by atoms with Gasteiger partial charge in [0.2, 0.25) is 0 Å². The van der Waals surface area contributed by atoms with Crippen molar-refractivity contribution in [3.8, 4) is 6.07 Å². The molecule has 0 bridgehead atoms. The van der Waals surface area contributed by atoms with Crippen LogP contribution in [0.1, 0.15) is 19.4 Å². The number of rotatable bonds is 1. The molecule has 0 aliphatic carbocycles. The predicted octanol–water partition coefficient (Wildman–Crippen LogP) is 3.28. The van der Waals surface area contributed by atoms with E-state index in [2.05, 4.69) is 6.07 Å². The first-order valence-electron chi connectivity index (χ1n) is 3.84. The van der Waals surface area contributed by atoms with Crippen molar-refractivity contribution in [2.75, 3.05) is 0 Å². The van der Waals surface area contributed by atoms with Gasteiger partial charge in [0.1, 0.15) is 5.82 Å². The first-order chi connectivity index (χ1) is 5.97. The lowest BCUT2D eigenvalue weighted by atomic mass is 9.86. The van der Waals surface area contributed by atoms with E-state index in [1.54, 1.807) is 19.9 Å². The van der Waals surface area contributed by atoms with Crippen LogP contribution in [0.3, 0.4) is 0 Å². The number of nitrogens with zero attached hydrogens (tertiary/aromatic N) is 1. The van der Waals surface area contributed by atoms with Crippen molar-refractivity contribution < 1.29 is 4.39 Å². The van der Waals surface area contributed by atoms with Gasteiger partial charge in [-0.05, 0) is 31.5 Å². The number of hydrogen-bond donors (Lipinski definition) is 0. The lowest BCUT2D eigenvalue weighted by Crippen LogP contribution is -2.13. The maximum atomic E-state index is 13.0. The first kappa shape index (κ1) is 10.0. The van der Waals surface area contributed by atoms with Gasteiger partial charge in [0, 0.05) is 0 Å². The third-order valence-corrected chi connectivity index (χ3v) is 2.23. The van der Waals surface area contributed by atoms with Gasteiger partial charge in [0.15, 0.2) is 0 Å². The average molecular weight is 198 g/mol. The Morgan fingerprint density at radius 1 is 1.46 bits per heavy atom. The maximum absolute atomic E-state index is 13.0. The van der Waals surface area contributed by atoms with Gasteiger partial charge in [-0.15, -0.1) is 0 Å². The largest absolute Gasteiger partial charge is 0.205 e. The molecule has 68 valence electrons. The molecule has 0 N–H and O–H groups in total. The third-order valence-electron chi connectivity index (χ3n) is 1.92. The van der Waals surface area contributed by atoms with E-state index in [9.17, 15) is 4.39 Å². The molecule has 13 heavy (non-hydrogen) atoms. The molecule has 3 heteroatoms. The summed E-state index contributed by atoms with van der Waals surface area (Å²) in [5, 5.41) is 8.88. The van der Waals surface area contributed by atoms with Gasteiger partial charge in [-0.3, -0.25) is 0 Å². The first-order valence-corrected chi connectivity index (χ1v) is 4.22. The summed E-state index contributed by atoms with van der Waals surface area (Å²) in [6, 6.07) is 6.52. The highest BCUT2D eigenvalue weighted by atomic mass is 35.5. The van der Waals surface area contributed by atoms with Crippen molar-refractivity contribution in [1.82, 2.24) is 0 Å². The molecule has 1 aromatic carbocycles. The molecule has 0 atom stereocenters. The van der Waals surface area contributed by atoms with Crippen LogP contribution in [-0.2, 0) is 5.41 Å². The molecular formula is C10H9ClFN. The molecular weight excluding hydrogens is 189 g/mol. The molecule has 0 aromatic heterocycles. The van der Waals surface area contributed by atoms with E-state index in [0.29, 0.717) is 5.56 Å². The molecule has 0 saturated carbocycles. The van der Waals surface area contributed by atoms with Gasteiger partial charge < -0.3 is 0 Å². The van der Waals surface area contributed by atoms with E-state index in [4.69, 9.17) is 16.9 Å². The summed E-state index contributed by atoms with van der Waals surface area (Å²) < 4.78 is 13.0. The Kier molecular flexibility index (Phi) is 2.58. The van der Waals surface area contributed by atoms with Crippen LogP contribution in [-0.4, -0.2) is 0 Å². The van der Waals surface area contributed by atoms with Crippen molar-refractivity contribution in [3.63, 3.8) is 0 Å². The molecule has 1 nitrogen and oxygen atoms in total. The zero-order valence-corrected chi connectivity index (χ0v) is 8.19. The molecule has 0 heterocycles. The molecule has 1 rings (SSSR count). The van der Waals surface area contributed by atoms with Crippen LogP contribution < -0.4 is 0 Å². The average Bonchev–Trinajstić information content (AvgIpc) is 2.09. The highest BCUT2D eigenvalue weighted by molar-refractivity contribution is 6.30. The molecule has 1 aromatic rings. The van der Waals surface area contributed by atoms with Gasteiger partial charge in [0.25, 0.3) is 0 Å². The summed E-state index contributed by atoms with van der Waals surface area (Å²) in [7, 11) is 0. The lowest BCUT2D eigenvalue weighted by Gasteiger charge is -2.15. The summed E-state index contributed by atoms with van der Waals surface area (Å²) in [6.45, 7) is 3.46. The molecule has 0 spiro atoms. The minimum atomic E-state index is -0.675. The third kappa shape index (κ3) is 1.99. The Bertz CT molecular complexity index is 366. The van der Waals surface area contributed by atoms with E-state index < -0.39 is 11.2 Å². The van der Waals surface area contributed by atoms with Crippen LogP contribution in [0.5, 0.6) is 0 Å². The summed E-state index contributed by atoms with van der Waals surface area (Å²) >= 11 is 5.52. The minimum absolute atomic E-state index is 0.0810. The van der Waals surface area contributed by atoms with Crippen LogP contribution in [0.4, 0.5) is 4.39 Å². The standard InChI is InChI=1S/C10H9ClFN/c1-10(2,6-13)7-3-4-8(11)9(12)5-7/h3-5H,1-2H3. The predicted molar refractivity (Wildman–Crippen MR) is 50.0 cm³/mol. The van der Waals surface area contributed by atoms with Crippen molar-refractivity contribution in [2.45, 2.75) is 19.3 Å². The topological polar surface area (TPSA) is 23.8 Å². The Hall–Kier alpha value is -1.07. The fourth-order valence-electron chi connectivity index (χ4n) is 0.949. The zero-order chi connectivity index (χ0) is 10.1. The van der Waals surface area contributed by atoms with Crippen LogP contribution in [0.15, 0.2) is 18.2 Å². The number of halogens is 2. The fraction of sp³-hybridized carbons (Fsp3) is 0.300. The molecule has 0 unspecified atom stereocenters. The second-order valence-corrected chi connectivity index (χ2v) is 3.77. The maximum Gasteiger partial charge on any atom is 0.142 e. The molecule has 0 saturated heterocycles. The van der Waals surface area contributed by atoms with Crippen molar-refractivity contribution in [1.29, 1.82) is 5.26 Å². The van der Waals surface area contributed by atoms with Gasteiger partial charge in [0.05, 0.1) is 16.5 Å². The molecule has 0 aliphatic heterocycles. The van der Waals surface area contributed by atoms with Crippen LogP contribution in [0.2, 0.25) is 5.02 Å². The summed E-state index contributed by atoms with van der Waals surface area (Å²) in [5.74, 6) is -0.484. The monoisotopic (exact) mass is 197 g/mol. The van der Waals surface area contributed by atoms with Crippen molar-refractivity contribution in [2.24, 2.45) is 0 Å². The Morgan fingerprint density at radius 2 is 2.08 bits per heavy atom. The van der Waals surface area contributed by atoms with E-state index in [0.717, 1.165) is 0 Å². The zero-order valence-electron chi connectivity index (χ0n) is 7.44. The number of hydrogen-bond acceptors (Lipinski definition) is 1. The van der Waals surface area contributed by atoms with Crippen molar-refractivity contribution >= 4 is 11.6 Å². The van der Waals surface area contributed by atoms with Gasteiger partial charge in [-0.2, -0.15) is 5.26 Å². The molecule has 0 fully saturated rings. The molecule has 0 radical (unpaired) electrons. The second kappa shape index (κ2) is 3.35. The van der Waals surface area contributed by atoms with Gasteiger partial charge in [-0.1, -0.05) is 17.7 Å². The highest BCUT2D eigenvalue weighted by Crippen LogP contribution is 2.25.